The molecule has 1 N–H and O–H groups in total. The smallest absolute Gasteiger partial charge is 0.347 e. The fourth-order valence-electron chi connectivity index (χ4n) is 2.47. The molecule has 0 radical (unpaired) electrons. The highest BCUT2D eigenvalue weighted by molar-refractivity contribution is 7.99. The Balaban J connectivity index is 2.01. The second-order valence-corrected chi connectivity index (χ2v) is 6.18. The van der Waals surface area contributed by atoms with E-state index >= 15 is 0 Å². The predicted octanol–water partition coefficient (Wildman–Crippen LogP) is 2.48. The molecule has 0 aliphatic carbocycles. The Morgan fingerprint density at radius 3 is 2.88 bits per heavy atom. The van der Waals surface area contributed by atoms with Crippen molar-refractivity contribution in [2.45, 2.75) is 36.3 Å². The second kappa shape index (κ2) is 4.59. The van der Waals surface area contributed by atoms with E-state index in [9.17, 15) is 13.9 Å². The van der Waals surface area contributed by atoms with Crippen LogP contribution < -0.4 is 0 Å². The number of aliphatic hydroxyl groups excluding tert-OH is 1. The average molecular weight is 273 g/mol. The molecular weight excluding hydrogens is 258 g/mol. The maximum atomic E-state index is 12.8. The zero-order valence-electron chi connectivity index (χ0n) is 8.79. The van der Waals surface area contributed by atoms with E-state index in [1.807, 2.05) is 0 Å². The summed E-state index contributed by atoms with van der Waals surface area (Å²) in [5.74, 6) is 1.38. The molecule has 0 aromatic heterocycles. The van der Waals surface area contributed by atoms with Crippen LogP contribution >= 0.6 is 23.4 Å². The summed E-state index contributed by atoms with van der Waals surface area (Å²) in [5.41, 5.74) is -0.295. The first-order chi connectivity index (χ1) is 7.43. The standard InChI is InChI=1S/C10H15ClF2O2S/c11-10(12,13)8(14)7-1-3-15-9(5-7)2-4-16-6-9/h7-8,14H,1-6H2. The quantitative estimate of drug-likeness (QED) is 0.783. The van der Waals surface area contributed by atoms with Gasteiger partial charge in [0.2, 0.25) is 0 Å². The number of alkyl halides is 3. The number of hydrogen-bond donors (Lipinski definition) is 1. The Morgan fingerprint density at radius 2 is 2.31 bits per heavy atom. The van der Waals surface area contributed by atoms with Crippen molar-refractivity contribution >= 4 is 23.4 Å². The summed E-state index contributed by atoms with van der Waals surface area (Å²) >= 11 is 6.66. The van der Waals surface area contributed by atoms with Crippen molar-refractivity contribution in [1.29, 1.82) is 0 Å². The van der Waals surface area contributed by atoms with Gasteiger partial charge in [0, 0.05) is 12.4 Å². The van der Waals surface area contributed by atoms with E-state index in [2.05, 4.69) is 0 Å². The third-order valence-electron chi connectivity index (χ3n) is 3.38. The van der Waals surface area contributed by atoms with Crippen LogP contribution in [0.4, 0.5) is 8.78 Å². The van der Waals surface area contributed by atoms with E-state index in [1.54, 1.807) is 11.8 Å². The van der Waals surface area contributed by atoms with Crippen LogP contribution in [-0.4, -0.2) is 40.3 Å². The van der Waals surface area contributed by atoms with Crippen LogP contribution in [0.2, 0.25) is 0 Å². The molecule has 6 heteroatoms. The number of thioether (sulfide) groups is 1. The fourth-order valence-corrected chi connectivity index (χ4v) is 4.02. The minimum absolute atomic E-state index is 0.295. The molecule has 2 rings (SSSR count). The van der Waals surface area contributed by atoms with Gasteiger partial charge in [0.1, 0.15) is 6.10 Å². The zero-order valence-corrected chi connectivity index (χ0v) is 10.4. The molecule has 2 nitrogen and oxygen atoms in total. The van der Waals surface area contributed by atoms with Crippen LogP contribution in [0.25, 0.3) is 0 Å². The summed E-state index contributed by atoms with van der Waals surface area (Å²) in [4.78, 5) is 0. The monoisotopic (exact) mass is 272 g/mol. The van der Waals surface area contributed by atoms with E-state index in [0.717, 1.165) is 17.9 Å². The lowest BCUT2D eigenvalue weighted by Crippen LogP contribution is -2.46. The molecular formula is C10H15ClF2O2S. The van der Waals surface area contributed by atoms with Crippen molar-refractivity contribution in [1.82, 2.24) is 0 Å². The average Bonchev–Trinajstić information content (AvgIpc) is 2.64. The number of rotatable bonds is 2. The lowest BCUT2D eigenvalue weighted by atomic mass is 9.82. The van der Waals surface area contributed by atoms with Gasteiger partial charge in [-0.2, -0.15) is 20.5 Å². The van der Waals surface area contributed by atoms with Gasteiger partial charge in [0.25, 0.3) is 0 Å². The van der Waals surface area contributed by atoms with Crippen LogP contribution in [-0.2, 0) is 4.74 Å². The lowest BCUT2D eigenvalue weighted by molar-refractivity contribution is -0.137. The molecule has 2 saturated heterocycles. The predicted molar refractivity (Wildman–Crippen MR) is 60.2 cm³/mol. The van der Waals surface area contributed by atoms with Gasteiger partial charge in [-0.1, -0.05) is 0 Å². The van der Waals surface area contributed by atoms with E-state index < -0.39 is 17.4 Å². The first-order valence-electron chi connectivity index (χ1n) is 5.39. The van der Waals surface area contributed by atoms with Gasteiger partial charge in [0.05, 0.1) is 5.60 Å². The Bertz CT molecular complexity index is 254. The van der Waals surface area contributed by atoms with Crippen LogP contribution in [0.5, 0.6) is 0 Å². The Kier molecular flexibility index (Phi) is 3.69. The number of ether oxygens (including phenoxy) is 1. The third kappa shape index (κ3) is 2.63. The van der Waals surface area contributed by atoms with Gasteiger partial charge in [-0.3, -0.25) is 0 Å². The van der Waals surface area contributed by atoms with Gasteiger partial charge < -0.3 is 9.84 Å². The molecule has 3 unspecified atom stereocenters. The van der Waals surface area contributed by atoms with Crippen LogP contribution in [0.3, 0.4) is 0 Å². The molecule has 94 valence electrons. The Morgan fingerprint density at radius 1 is 1.56 bits per heavy atom. The second-order valence-electron chi connectivity index (χ2n) is 4.57. The number of aliphatic hydroxyl groups is 1. The van der Waals surface area contributed by atoms with Gasteiger partial charge >= 0.3 is 5.38 Å². The topological polar surface area (TPSA) is 29.5 Å². The van der Waals surface area contributed by atoms with Gasteiger partial charge in [-0.25, -0.2) is 0 Å². The van der Waals surface area contributed by atoms with E-state index in [4.69, 9.17) is 16.3 Å². The van der Waals surface area contributed by atoms with Gasteiger partial charge in [0.15, 0.2) is 0 Å². The van der Waals surface area contributed by atoms with Crippen molar-refractivity contribution in [3.63, 3.8) is 0 Å². The minimum atomic E-state index is -3.53. The molecule has 1 spiro atoms. The van der Waals surface area contributed by atoms with Gasteiger partial charge in [-0.15, -0.1) is 0 Å². The Labute approximate surface area is 103 Å². The van der Waals surface area contributed by atoms with Crippen LogP contribution in [0.15, 0.2) is 0 Å². The highest BCUT2D eigenvalue weighted by atomic mass is 35.5. The Hall–Kier alpha value is 0.420. The summed E-state index contributed by atoms with van der Waals surface area (Å²) in [6.07, 6.45) is 0.0641. The van der Waals surface area contributed by atoms with E-state index in [0.29, 0.717) is 19.4 Å². The first-order valence-corrected chi connectivity index (χ1v) is 6.93. The molecule has 0 aromatic rings. The maximum absolute atomic E-state index is 12.8. The minimum Gasteiger partial charge on any atom is -0.385 e. The molecule has 2 aliphatic rings. The highest BCUT2D eigenvalue weighted by Crippen LogP contribution is 2.43. The van der Waals surface area contributed by atoms with E-state index in [-0.39, 0.29) is 5.60 Å². The molecule has 0 amide bonds. The molecule has 2 heterocycles. The molecule has 16 heavy (non-hydrogen) atoms. The summed E-state index contributed by atoms with van der Waals surface area (Å²) in [6, 6.07) is 0. The molecule has 2 aliphatic heterocycles. The molecule has 0 aromatic carbocycles. The normalized spacial score (nSPS) is 37.9. The summed E-state index contributed by atoms with van der Waals surface area (Å²) in [7, 11) is 0. The SMILES string of the molecule is OC(C1CCOC2(CCSC2)C1)C(F)(F)Cl. The van der Waals surface area contributed by atoms with Gasteiger partial charge in [-0.05, 0) is 42.5 Å². The van der Waals surface area contributed by atoms with Crippen molar-refractivity contribution in [2.75, 3.05) is 18.1 Å². The molecule has 3 atom stereocenters. The zero-order chi connectivity index (χ0) is 11.8. The van der Waals surface area contributed by atoms with Crippen molar-refractivity contribution < 1.29 is 18.6 Å². The lowest BCUT2D eigenvalue weighted by Gasteiger charge is -2.40. The summed E-state index contributed by atoms with van der Waals surface area (Å²) in [6.45, 7) is 0.440. The van der Waals surface area contributed by atoms with E-state index in [1.165, 1.54) is 0 Å². The first kappa shape index (κ1) is 12.9. The van der Waals surface area contributed by atoms with Crippen molar-refractivity contribution in [3.8, 4) is 0 Å². The molecule has 2 fully saturated rings. The highest BCUT2D eigenvalue weighted by Gasteiger charge is 2.48. The van der Waals surface area contributed by atoms with Crippen molar-refractivity contribution in [3.05, 3.63) is 0 Å². The summed E-state index contributed by atoms with van der Waals surface area (Å²) < 4.78 is 31.4. The molecule has 0 bridgehead atoms. The third-order valence-corrected chi connectivity index (χ3v) is 4.83. The fraction of sp³-hybridized carbons (Fsp3) is 1.00. The molecule has 0 saturated carbocycles. The summed E-state index contributed by atoms with van der Waals surface area (Å²) in [5, 5.41) is 5.98. The maximum Gasteiger partial charge on any atom is 0.347 e. The van der Waals surface area contributed by atoms with Crippen LogP contribution in [0.1, 0.15) is 19.3 Å². The number of hydrogen-bond acceptors (Lipinski definition) is 3. The largest absolute Gasteiger partial charge is 0.385 e. The van der Waals surface area contributed by atoms with Crippen LogP contribution in [0, 0.1) is 5.92 Å². The van der Waals surface area contributed by atoms with Crippen molar-refractivity contribution in [2.24, 2.45) is 5.92 Å². The number of halogens is 3.